The summed E-state index contributed by atoms with van der Waals surface area (Å²) in [5.74, 6) is 0.702. The van der Waals surface area contributed by atoms with Crippen molar-refractivity contribution >= 4 is 11.7 Å². The number of likely N-dealkylation sites (N-methyl/N-ethyl adjacent to an activating group) is 1. The van der Waals surface area contributed by atoms with Crippen molar-refractivity contribution in [3.63, 3.8) is 0 Å². The molecule has 1 aliphatic rings. The molecule has 1 N–H and O–H groups in total. The molecule has 0 radical (unpaired) electrons. The van der Waals surface area contributed by atoms with Crippen molar-refractivity contribution in [1.82, 2.24) is 15.2 Å². The van der Waals surface area contributed by atoms with Gasteiger partial charge in [0.15, 0.2) is 0 Å². The molecular weight excluding hydrogens is 264 g/mol. The lowest BCUT2D eigenvalue weighted by Crippen LogP contribution is -2.41. The molecule has 5 nitrogen and oxygen atoms in total. The molecule has 1 unspecified atom stereocenters. The number of anilines is 1. The van der Waals surface area contributed by atoms with E-state index in [4.69, 9.17) is 0 Å². The van der Waals surface area contributed by atoms with Crippen molar-refractivity contribution in [3.05, 3.63) is 23.9 Å². The fourth-order valence-corrected chi connectivity index (χ4v) is 3.23. The van der Waals surface area contributed by atoms with E-state index in [2.05, 4.69) is 47.9 Å². The lowest BCUT2D eigenvalue weighted by atomic mass is 9.92. The van der Waals surface area contributed by atoms with E-state index < -0.39 is 0 Å². The van der Waals surface area contributed by atoms with Crippen LogP contribution < -0.4 is 10.2 Å². The molecule has 1 saturated heterocycles. The van der Waals surface area contributed by atoms with E-state index in [0.29, 0.717) is 11.6 Å². The van der Waals surface area contributed by atoms with Gasteiger partial charge in [-0.2, -0.15) is 0 Å². The van der Waals surface area contributed by atoms with E-state index in [-0.39, 0.29) is 11.3 Å². The van der Waals surface area contributed by atoms with Crippen molar-refractivity contribution in [2.24, 2.45) is 5.41 Å². The van der Waals surface area contributed by atoms with Crippen molar-refractivity contribution in [2.75, 3.05) is 38.6 Å². The first-order chi connectivity index (χ1) is 9.84. The van der Waals surface area contributed by atoms with Crippen LogP contribution in [0.4, 0.5) is 5.82 Å². The number of pyridine rings is 1. The summed E-state index contributed by atoms with van der Waals surface area (Å²) in [5.41, 5.74) is 0.795. The predicted molar refractivity (Wildman–Crippen MR) is 85.7 cm³/mol. The minimum Gasteiger partial charge on any atom is -0.355 e. The number of hydrogen-bond acceptors (Lipinski definition) is 4. The van der Waals surface area contributed by atoms with Crippen LogP contribution in [0.3, 0.4) is 0 Å². The average Bonchev–Trinajstić information content (AvgIpc) is 2.52. The molecule has 1 aromatic heterocycles. The van der Waals surface area contributed by atoms with Crippen LogP contribution in [0, 0.1) is 5.41 Å². The van der Waals surface area contributed by atoms with Crippen LogP contribution in [0.5, 0.6) is 0 Å². The summed E-state index contributed by atoms with van der Waals surface area (Å²) in [7, 11) is 3.81. The van der Waals surface area contributed by atoms with E-state index >= 15 is 0 Å². The van der Waals surface area contributed by atoms with Crippen molar-refractivity contribution < 1.29 is 4.79 Å². The number of carbonyl (C=O) groups is 1. The zero-order valence-electron chi connectivity index (χ0n) is 13.7. The van der Waals surface area contributed by atoms with Crippen LogP contribution in [0.2, 0.25) is 0 Å². The molecule has 1 aliphatic heterocycles. The Morgan fingerprint density at radius 3 is 2.81 bits per heavy atom. The zero-order chi connectivity index (χ0) is 15.6. The monoisotopic (exact) mass is 290 g/mol. The van der Waals surface area contributed by atoms with Crippen LogP contribution in [0.15, 0.2) is 18.3 Å². The fourth-order valence-electron chi connectivity index (χ4n) is 3.23. The van der Waals surface area contributed by atoms with Crippen molar-refractivity contribution in [3.8, 4) is 0 Å². The van der Waals surface area contributed by atoms with Gasteiger partial charge in [-0.3, -0.25) is 4.79 Å². The van der Waals surface area contributed by atoms with Gasteiger partial charge in [-0.05, 0) is 31.5 Å². The van der Waals surface area contributed by atoms with E-state index in [1.165, 1.54) is 0 Å². The van der Waals surface area contributed by atoms with Gasteiger partial charge in [0.05, 0.1) is 5.56 Å². The van der Waals surface area contributed by atoms with Crippen LogP contribution in [0.1, 0.15) is 31.1 Å². The van der Waals surface area contributed by atoms with Gasteiger partial charge in [0.2, 0.25) is 0 Å². The van der Waals surface area contributed by atoms with Gasteiger partial charge in [-0.1, -0.05) is 13.8 Å². The number of nitrogens with zero attached hydrogens (tertiary/aromatic N) is 3. The van der Waals surface area contributed by atoms with Gasteiger partial charge in [0.25, 0.3) is 5.91 Å². The molecule has 2 rings (SSSR count). The highest BCUT2D eigenvalue weighted by molar-refractivity contribution is 5.98. The first-order valence-corrected chi connectivity index (χ1v) is 7.46. The predicted octanol–water partition coefficient (Wildman–Crippen LogP) is 1.61. The molecule has 1 amide bonds. The Hall–Kier alpha value is -1.62. The standard InChI is InChI=1S/C16H26N4O/c1-12-9-19(5)10-16(2,3)11-20(12)14-13(15(21)17-4)7-6-8-18-14/h6-8,12H,9-11H2,1-5H3,(H,17,21). The third kappa shape index (κ3) is 3.53. The molecule has 0 saturated carbocycles. The molecule has 2 heterocycles. The maximum atomic E-state index is 12.1. The minimum atomic E-state index is -0.0827. The Labute approximate surface area is 127 Å². The Morgan fingerprint density at radius 2 is 2.14 bits per heavy atom. The van der Waals surface area contributed by atoms with E-state index in [1.54, 1.807) is 13.2 Å². The van der Waals surface area contributed by atoms with E-state index in [0.717, 1.165) is 25.5 Å². The maximum Gasteiger partial charge on any atom is 0.254 e. The second-order valence-corrected chi connectivity index (χ2v) is 6.79. The second kappa shape index (κ2) is 6.02. The molecule has 0 spiro atoms. The highest BCUT2D eigenvalue weighted by Gasteiger charge is 2.33. The van der Waals surface area contributed by atoms with Crippen LogP contribution in [-0.4, -0.2) is 55.6 Å². The first kappa shape index (κ1) is 15.8. The zero-order valence-corrected chi connectivity index (χ0v) is 13.7. The van der Waals surface area contributed by atoms with Gasteiger partial charge < -0.3 is 15.1 Å². The fraction of sp³-hybridized carbons (Fsp3) is 0.625. The number of nitrogens with one attached hydrogen (secondary N) is 1. The molecule has 1 aromatic rings. The Kier molecular flexibility index (Phi) is 4.52. The molecule has 0 aromatic carbocycles. The Morgan fingerprint density at radius 1 is 1.43 bits per heavy atom. The Bertz CT molecular complexity index is 515. The number of carbonyl (C=O) groups excluding carboxylic acids is 1. The number of amides is 1. The maximum absolute atomic E-state index is 12.1. The lowest BCUT2D eigenvalue weighted by Gasteiger charge is -2.34. The number of rotatable bonds is 2. The highest BCUT2D eigenvalue weighted by Crippen LogP contribution is 2.29. The smallest absolute Gasteiger partial charge is 0.254 e. The van der Waals surface area contributed by atoms with Gasteiger partial charge in [0, 0.05) is 38.9 Å². The van der Waals surface area contributed by atoms with E-state index in [1.807, 2.05) is 12.1 Å². The SMILES string of the molecule is CNC(=O)c1cccnc1N1CC(C)(C)CN(C)CC1C. The molecule has 21 heavy (non-hydrogen) atoms. The highest BCUT2D eigenvalue weighted by atomic mass is 16.1. The third-order valence-corrected chi connectivity index (χ3v) is 3.93. The molecule has 1 atom stereocenters. The van der Waals surface area contributed by atoms with Crippen LogP contribution in [0.25, 0.3) is 0 Å². The lowest BCUT2D eigenvalue weighted by molar-refractivity contribution is 0.0963. The topological polar surface area (TPSA) is 48.5 Å². The van der Waals surface area contributed by atoms with Gasteiger partial charge in [-0.15, -0.1) is 0 Å². The van der Waals surface area contributed by atoms with Crippen LogP contribution in [-0.2, 0) is 0 Å². The molecule has 0 bridgehead atoms. The van der Waals surface area contributed by atoms with Gasteiger partial charge >= 0.3 is 0 Å². The van der Waals surface area contributed by atoms with Gasteiger partial charge in [-0.25, -0.2) is 4.98 Å². The second-order valence-electron chi connectivity index (χ2n) is 6.79. The summed E-state index contributed by atoms with van der Waals surface area (Å²) < 4.78 is 0. The number of aromatic nitrogens is 1. The van der Waals surface area contributed by atoms with Gasteiger partial charge in [0.1, 0.15) is 5.82 Å². The van der Waals surface area contributed by atoms with Crippen molar-refractivity contribution in [2.45, 2.75) is 26.8 Å². The molecule has 5 heteroatoms. The number of hydrogen-bond donors (Lipinski definition) is 1. The summed E-state index contributed by atoms with van der Waals surface area (Å²) in [5, 5.41) is 2.70. The molecule has 1 fully saturated rings. The van der Waals surface area contributed by atoms with E-state index in [9.17, 15) is 4.79 Å². The largest absolute Gasteiger partial charge is 0.355 e. The minimum absolute atomic E-state index is 0.0827. The third-order valence-electron chi connectivity index (χ3n) is 3.93. The molecule has 116 valence electrons. The summed E-state index contributed by atoms with van der Waals surface area (Å²) in [6.45, 7) is 9.61. The van der Waals surface area contributed by atoms with Crippen molar-refractivity contribution in [1.29, 1.82) is 0 Å². The summed E-state index contributed by atoms with van der Waals surface area (Å²) in [6.07, 6.45) is 1.76. The Balaban J connectivity index is 2.41. The summed E-state index contributed by atoms with van der Waals surface area (Å²) in [4.78, 5) is 21.2. The first-order valence-electron chi connectivity index (χ1n) is 7.46. The summed E-state index contributed by atoms with van der Waals surface area (Å²) >= 11 is 0. The average molecular weight is 290 g/mol. The molecule has 0 aliphatic carbocycles. The quantitative estimate of drug-likeness (QED) is 0.899. The molecular formula is C16H26N4O. The van der Waals surface area contributed by atoms with Crippen LogP contribution >= 0.6 is 0 Å². The summed E-state index contributed by atoms with van der Waals surface area (Å²) in [6, 6.07) is 3.97. The normalized spacial score (nSPS) is 22.7.